The zero-order valence-electron chi connectivity index (χ0n) is 10.6. The van der Waals surface area contributed by atoms with E-state index >= 15 is 0 Å². The Balaban J connectivity index is 0.000000180. The highest BCUT2D eigenvalue weighted by Gasteiger charge is 2.04. The molecule has 0 saturated heterocycles. The maximum atomic E-state index is 10.00. The summed E-state index contributed by atoms with van der Waals surface area (Å²) in [6.45, 7) is 6.99. The Kier molecular flexibility index (Phi) is 4.41. The Labute approximate surface area is 103 Å². The van der Waals surface area contributed by atoms with Gasteiger partial charge in [-0.2, -0.15) is 10.2 Å². The van der Waals surface area contributed by atoms with Gasteiger partial charge in [-0.05, 0) is 38.0 Å². The van der Waals surface area contributed by atoms with Crippen molar-refractivity contribution in [2.45, 2.75) is 27.7 Å². The van der Waals surface area contributed by atoms with Crippen molar-refractivity contribution in [2.75, 3.05) is 0 Å². The number of rotatable bonds is 2. The van der Waals surface area contributed by atoms with E-state index in [0.29, 0.717) is 22.8 Å². The number of hydrogen-bond donors (Lipinski definition) is 2. The molecular formula is C10H14N6O2. The lowest BCUT2D eigenvalue weighted by Crippen LogP contribution is -1.68. The molecule has 0 amide bonds. The average molecular weight is 250 g/mol. The Hall–Kier alpha value is -2.38. The first kappa shape index (κ1) is 13.7. The van der Waals surface area contributed by atoms with Crippen LogP contribution in [-0.2, 0) is 0 Å². The second-order valence-electron chi connectivity index (χ2n) is 3.75. The first-order chi connectivity index (χ1) is 8.51. The van der Waals surface area contributed by atoms with Crippen molar-refractivity contribution in [1.82, 2.24) is 20.4 Å². The van der Waals surface area contributed by atoms with Gasteiger partial charge in [0.2, 0.25) is 0 Å². The van der Waals surface area contributed by atoms with Gasteiger partial charge in [0.1, 0.15) is 0 Å². The summed E-state index contributed by atoms with van der Waals surface area (Å²) in [4.78, 5) is 20.0. The van der Waals surface area contributed by atoms with E-state index in [1.807, 2.05) is 0 Å². The number of aryl methyl sites for hydroxylation is 4. The number of nitrogens with one attached hydrogen (secondary N) is 2. The molecule has 0 spiro atoms. The fourth-order valence-electron chi connectivity index (χ4n) is 1.36. The van der Waals surface area contributed by atoms with Crippen LogP contribution in [0.2, 0.25) is 0 Å². The summed E-state index contributed by atoms with van der Waals surface area (Å²) in [6.07, 6.45) is 0. The lowest BCUT2D eigenvalue weighted by atomic mass is 10.3. The molecular weight excluding hydrogens is 236 g/mol. The van der Waals surface area contributed by atoms with Crippen molar-refractivity contribution in [3.05, 3.63) is 32.6 Å². The molecule has 0 aromatic carbocycles. The third kappa shape index (κ3) is 2.84. The highest BCUT2D eigenvalue weighted by atomic mass is 16.3. The van der Waals surface area contributed by atoms with Crippen LogP contribution in [0.4, 0.5) is 11.4 Å². The molecule has 0 bridgehead atoms. The number of aromatic nitrogens is 4. The van der Waals surface area contributed by atoms with E-state index in [9.17, 15) is 9.81 Å². The van der Waals surface area contributed by atoms with Gasteiger partial charge in [-0.3, -0.25) is 10.2 Å². The predicted molar refractivity (Wildman–Crippen MR) is 67.0 cm³/mol. The maximum absolute atomic E-state index is 10.00. The SMILES string of the molecule is Cc1n[nH]c(C)c1N=O.Cc1n[nH]c(C)c1N=O. The highest BCUT2D eigenvalue weighted by Crippen LogP contribution is 2.19. The van der Waals surface area contributed by atoms with E-state index in [4.69, 9.17) is 0 Å². The smallest absolute Gasteiger partial charge is 0.151 e. The number of hydrogen-bond acceptors (Lipinski definition) is 6. The quantitative estimate of drug-likeness (QED) is 0.797. The normalized spacial score (nSPS) is 9.56. The molecule has 2 rings (SSSR count). The van der Waals surface area contributed by atoms with Crippen molar-refractivity contribution in [2.24, 2.45) is 10.4 Å². The molecule has 96 valence electrons. The van der Waals surface area contributed by atoms with E-state index in [2.05, 4.69) is 30.7 Å². The second-order valence-corrected chi connectivity index (χ2v) is 3.75. The highest BCUT2D eigenvalue weighted by molar-refractivity contribution is 5.45. The van der Waals surface area contributed by atoms with E-state index in [1.54, 1.807) is 27.7 Å². The van der Waals surface area contributed by atoms with Gasteiger partial charge in [0.15, 0.2) is 11.4 Å². The summed E-state index contributed by atoms with van der Waals surface area (Å²) in [5.41, 5.74) is 3.61. The molecule has 2 heterocycles. The van der Waals surface area contributed by atoms with Gasteiger partial charge in [-0.1, -0.05) is 0 Å². The summed E-state index contributed by atoms with van der Waals surface area (Å²) < 4.78 is 0. The summed E-state index contributed by atoms with van der Waals surface area (Å²) in [5.74, 6) is 0. The molecule has 2 N–H and O–H groups in total. The summed E-state index contributed by atoms with van der Waals surface area (Å²) in [5, 5.41) is 18.4. The van der Waals surface area contributed by atoms with Crippen LogP contribution in [0.1, 0.15) is 22.8 Å². The van der Waals surface area contributed by atoms with Crippen molar-refractivity contribution < 1.29 is 0 Å². The molecule has 0 unspecified atom stereocenters. The Morgan fingerprint density at radius 3 is 1.22 bits per heavy atom. The van der Waals surface area contributed by atoms with Crippen LogP contribution in [0.3, 0.4) is 0 Å². The van der Waals surface area contributed by atoms with Gasteiger partial charge in [0.25, 0.3) is 0 Å². The van der Waals surface area contributed by atoms with Crippen LogP contribution in [0.5, 0.6) is 0 Å². The minimum Gasteiger partial charge on any atom is -0.280 e. The number of aromatic amines is 2. The summed E-state index contributed by atoms with van der Waals surface area (Å²) in [6, 6.07) is 0. The molecule has 0 saturated carbocycles. The molecule has 2 aromatic rings. The molecule has 0 aliphatic heterocycles. The zero-order chi connectivity index (χ0) is 13.7. The van der Waals surface area contributed by atoms with Crippen molar-refractivity contribution >= 4 is 11.4 Å². The number of nitrogens with zero attached hydrogens (tertiary/aromatic N) is 4. The molecule has 2 aromatic heterocycles. The predicted octanol–water partition coefficient (Wildman–Crippen LogP) is 2.85. The van der Waals surface area contributed by atoms with E-state index < -0.39 is 0 Å². The van der Waals surface area contributed by atoms with Gasteiger partial charge in [0, 0.05) is 0 Å². The Morgan fingerprint density at radius 2 is 1.11 bits per heavy atom. The molecule has 8 heteroatoms. The molecule has 0 fully saturated rings. The van der Waals surface area contributed by atoms with Gasteiger partial charge < -0.3 is 0 Å². The fraction of sp³-hybridized carbons (Fsp3) is 0.400. The number of H-pyrrole nitrogens is 2. The monoisotopic (exact) mass is 250 g/mol. The van der Waals surface area contributed by atoms with Gasteiger partial charge in [0.05, 0.1) is 22.8 Å². The standard InChI is InChI=1S/2C5H7N3O/c2*1-3-5(8-9)4(2)7-6-3/h2*1-2H3,(H,6,7). The first-order valence-corrected chi connectivity index (χ1v) is 5.21. The van der Waals surface area contributed by atoms with Crippen LogP contribution in [0.15, 0.2) is 10.4 Å². The Bertz CT molecular complexity index is 467. The van der Waals surface area contributed by atoms with E-state index in [1.165, 1.54) is 0 Å². The summed E-state index contributed by atoms with van der Waals surface area (Å²) >= 11 is 0. The summed E-state index contributed by atoms with van der Waals surface area (Å²) in [7, 11) is 0. The molecule has 18 heavy (non-hydrogen) atoms. The molecule has 0 aliphatic rings. The van der Waals surface area contributed by atoms with Gasteiger partial charge in [-0.15, -0.1) is 9.81 Å². The van der Waals surface area contributed by atoms with Crippen LogP contribution in [-0.4, -0.2) is 20.4 Å². The molecule has 0 aliphatic carbocycles. The molecule has 8 nitrogen and oxygen atoms in total. The van der Waals surface area contributed by atoms with Crippen LogP contribution >= 0.6 is 0 Å². The van der Waals surface area contributed by atoms with Gasteiger partial charge >= 0.3 is 0 Å². The third-order valence-corrected chi connectivity index (χ3v) is 2.36. The van der Waals surface area contributed by atoms with Crippen LogP contribution in [0.25, 0.3) is 0 Å². The zero-order valence-corrected chi connectivity index (χ0v) is 10.6. The van der Waals surface area contributed by atoms with Crippen LogP contribution in [0, 0.1) is 37.5 Å². The molecule has 0 radical (unpaired) electrons. The lowest BCUT2D eigenvalue weighted by Gasteiger charge is -1.81. The average Bonchev–Trinajstić information content (AvgIpc) is 2.83. The van der Waals surface area contributed by atoms with Crippen LogP contribution < -0.4 is 0 Å². The second kappa shape index (κ2) is 5.80. The topological polar surface area (TPSA) is 116 Å². The number of nitroso groups, excluding NO2 is 2. The maximum Gasteiger partial charge on any atom is 0.151 e. The van der Waals surface area contributed by atoms with E-state index in [-0.39, 0.29) is 0 Å². The Morgan fingerprint density at radius 1 is 0.778 bits per heavy atom. The van der Waals surface area contributed by atoms with Crippen molar-refractivity contribution in [1.29, 1.82) is 0 Å². The van der Waals surface area contributed by atoms with Crippen molar-refractivity contribution in [3.63, 3.8) is 0 Å². The molecule has 0 atom stereocenters. The fourth-order valence-corrected chi connectivity index (χ4v) is 1.36. The van der Waals surface area contributed by atoms with E-state index in [0.717, 1.165) is 11.4 Å². The van der Waals surface area contributed by atoms with Crippen molar-refractivity contribution in [3.8, 4) is 0 Å². The van der Waals surface area contributed by atoms with Gasteiger partial charge in [-0.25, -0.2) is 0 Å². The third-order valence-electron chi connectivity index (χ3n) is 2.36. The minimum atomic E-state index is 0.426. The lowest BCUT2D eigenvalue weighted by molar-refractivity contribution is 1.02. The minimum absolute atomic E-state index is 0.426. The first-order valence-electron chi connectivity index (χ1n) is 5.21. The largest absolute Gasteiger partial charge is 0.280 e.